The van der Waals surface area contributed by atoms with Crippen molar-refractivity contribution in [2.24, 2.45) is 0 Å². The third kappa shape index (κ3) is 2.78. The van der Waals surface area contributed by atoms with Gasteiger partial charge in [-0.15, -0.1) is 0 Å². The molecule has 3 aromatic carbocycles. The van der Waals surface area contributed by atoms with E-state index in [4.69, 9.17) is 9.47 Å². The van der Waals surface area contributed by atoms with Crippen LogP contribution in [0, 0.1) is 0 Å². The fraction of sp³-hybridized carbons (Fsp3) is 0.217. The summed E-state index contributed by atoms with van der Waals surface area (Å²) < 4.78 is 11.1. The highest BCUT2D eigenvalue weighted by molar-refractivity contribution is 5.56. The first-order valence-electron chi connectivity index (χ1n) is 8.67. The summed E-state index contributed by atoms with van der Waals surface area (Å²) in [5.41, 5.74) is 5.40. The van der Waals surface area contributed by atoms with Gasteiger partial charge in [-0.1, -0.05) is 60.7 Å². The third-order valence-corrected chi connectivity index (χ3v) is 5.22. The van der Waals surface area contributed by atoms with Crippen molar-refractivity contribution in [3.8, 4) is 11.5 Å². The molecule has 0 bridgehead atoms. The number of benzene rings is 3. The van der Waals surface area contributed by atoms with Crippen LogP contribution in [0.4, 0.5) is 0 Å². The predicted octanol–water partition coefficient (Wildman–Crippen LogP) is 5.37. The highest BCUT2D eigenvalue weighted by Crippen LogP contribution is 2.51. The van der Waals surface area contributed by atoms with Crippen molar-refractivity contribution < 1.29 is 9.47 Å². The largest absolute Gasteiger partial charge is 0.493 e. The first kappa shape index (κ1) is 15.8. The van der Waals surface area contributed by atoms with Crippen LogP contribution < -0.4 is 9.47 Å². The maximum atomic E-state index is 5.56. The van der Waals surface area contributed by atoms with Gasteiger partial charge < -0.3 is 9.47 Å². The van der Waals surface area contributed by atoms with Crippen molar-refractivity contribution in [1.29, 1.82) is 0 Å². The molecule has 0 saturated heterocycles. The molecule has 0 saturated carbocycles. The minimum Gasteiger partial charge on any atom is -0.493 e. The topological polar surface area (TPSA) is 18.5 Å². The summed E-state index contributed by atoms with van der Waals surface area (Å²) in [5.74, 6) is 2.36. The maximum Gasteiger partial charge on any atom is 0.161 e. The Balaban J connectivity index is 1.87. The highest BCUT2D eigenvalue weighted by atomic mass is 16.5. The van der Waals surface area contributed by atoms with Crippen LogP contribution in [-0.4, -0.2) is 14.2 Å². The molecule has 2 nitrogen and oxygen atoms in total. The summed E-state index contributed by atoms with van der Waals surface area (Å²) in [6, 6.07) is 25.8. The molecule has 1 aliphatic rings. The number of hydrogen-bond donors (Lipinski definition) is 0. The van der Waals surface area contributed by atoms with E-state index in [1.165, 1.54) is 22.3 Å². The predicted molar refractivity (Wildman–Crippen MR) is 101 cm³/mol. The highest BCUT2D eigenvalue weighted by Gasteiger charge is 2.34. The fourth-order valence-electron chi connectivity index (χ4n) is 4.01. The normalized spacial score (nSPS) is 18.6. The Labute approximate surface area is 149 Å². The van der Waals surface area contributed by atoms with E-state index in [0.29, 0.717) is 11.8 Å². The summed E-state index contributed by atoms with van der Waals surface area (Å²) in [6.07, 6.45) is 1.07. The molecule has 25 heavy (non-hydrogen) atoms. The minimum atomic E-state index is 0.376. The molecular formula is C23H22O2. The van der Waals surface area contributed by atoms with Crippen LogP contribution in [0.5, 0.6) is 11.5 Å². The Bertz CT molecular complexity index is 784. The van der Waals surface area contributed by atoms with Crippen LogP contribution in [0.1, 0.15) is 40.5 Å². The Morgan fingerprint density at radius 1 is 0.640 bits per heavy atom. The van der Waals surface area contributed by atoms with Gasteiger partial charge in [-0.3, -0.25) is 0 Å². The van der Waals surface area contributed by atoms with Crippen molar-refractivity contribution in [1.82, 2.24) is 0 Å². The van der Waals surface area contributed by atoms with E-state index < -0.39 is 0 Å². The smallest absolute Gasteiger partial charge is 0.161 e. The number of ether oxygens (including phenoxy) is 2. The van der Waals surface area contributed by atoms with Crippen molar-refractivity contribution in [3.63, 3.8) is 0 Å². The van der Waals surface area contributed by atoms with Gasteiger partial charge in [0.1, 0.15) is 0 Å². The van der Waals surface area contributed by atoms with E-state index >= 15 is 0 Å². The van der Waals surface area contributed by atoms with Crippen LogP contribution in [0.2, 0.25) is 0 Å². The van der Waals surface area contributed by atoms with Crippen LogP contribution in [-0.2, 0) is 0 Å². The molecule has 2 atom stereocenters. The lowest BCUT2D eigenvalue weighted by molar-refractivity contribution is 0.354. The second kappa shape index (κ2) is 6.64. The first-order valence-corrected chi connectivity index (χ1v) is 8.67. The van der Waals surface area contributed by atoms with E-state index in [9.17, 15) is 0 Å². The zero-order valence-corrected chi connectivity index (χ0v) is 14.6. The molecule has 0 N–H and O–H groups in total. The van der Waals surface area contributed by atoms with Gasteiger partial charge in [0.15, 0.2) is 11.5 Å². The number of rotatable bonds is 4. The summed E-state index contributed by atoms with van der Waals surface area (Å²) in [4.78, 5) is 0. The van der Waals surface area contributed by atoms with Gasteiger partial charge >= 0.3 is 0 Å². The Morgan fingerprint density at radius 2 is 1.04 bits per heavy atom. The van der Waals surface area contributed by atoms with Crippen molar-refractivity contribution in [2.45, 2.75) is 18.3 Å². The monoisotopic (exact) mass is 330 g/mol. The van der Waals surface area contributed by atoms with E-state index in [2.05, 4.69) is 72.8 Å². The molecule has 0 heterocycles. The molecule has 1 aliphatic carbocycles. The Hall–Kier alpha value is -2.74. The van der Waals surface area contributed by atoms with E-state index in [0.717, 1.165) is 17.9 Å². The molecule has 126 valence electrons. The average Bonchev–Trinajstić information content (AvgIpc) is 3.06. The SMILES string of the molecule is COc1cc2c(cc1OC)[C@H](c1ccccc1)C[C@H]2c1ccccc1. The summed E-state index contributed by atoms with van der Waals surface area (Å²) in [6.45, 7) is 0. The Morgan fingerprint density at radius 3 is 1.40 bits per heavy atom. The van der Waals surface area contributed by atoms with Crippen LogP contribution in [0.15, 0.2) is 72.8 Å². The zero-order valence-electron chi connectivity index (χ0n) is 14.6. The number of hydrogen-bond acceptors (Lipinski definition) is 2. The van der Waals surface area contributed by atoms with Gasteiger partial charge in [0, 0.05) is 11.8 Å². The number of methoxy groups -OCH3 is 2. The molecule has 0 aliphatic heterocycles. The lowest BCUT2D eigenvalue weighted by atomic mass is 9.91. The maximum absolute atomic E-state index is 5.56. The van der Waals surface area contributed by atoms with Crippen LogP contribution in [0.3, 0.4) is 0 Å². The summed E-state index contributed by atoms with van der Waals surface area (Å²) >= 11 is 0. The average molecular weight is 330 g/mol. The molecule has 3 aromatic rings. The van der Waals surface area contributed by atoms with Gasteiger partial charge in [0.25, 0.3) is 0 Å². The van der Waals surface area contributed by atoms with Crippen LogP contribution in [0.25, 0.3) is 0 Å². The molecule has 0 radical (unpaired) electrons. The van der Waals surface area contributed by atoms with Gasteiger partial charge in [-0.25, -0.2) is 0 Å². The second-order valence-electron chi connectivity index (χ2n) is 6.50. The third-order valence-electron chi connectivity index (χ3n) is 5.22. The van der Waals surface area contributed by atoms with Gasteiger partial charge in [-0.05, 0) is 40.8 Å². The number of fused-ring (bicyclic) bond motifs is 1. The van der Waals surface area contributed by atoms with Gasteiger partial charge in [-0.2, -0.15) is 0 Å². The summed E-state index contributed by atoms with van der Waals surface area (Å²) in [7, 11) is 3.40. The fourth-order valence-corrected chi connectivity index (χ4v) is 4.01. The van der Waals surface area contributed by atoms with Gasteiger partial charge in [0.2, 0.25) is 0 Å². The molecular weight excluding hydrogens is 308 g/mol. The molecule has 0 fully saturated rings. The second-order valence-corrected chi connectivity index (χ2v) is 6.50. The zero-order chi connectivity index (χ0) is 17.2. The van der Waals surface area contributed by atoms with Gasteiger partial charge in [0.05, 0.1) is 14.2 Å². The van der Waals surface area contributed by atoms with E-state index in [1.54, 1.807) is 14.2 Å². The first-order chi connectivity index (χ1) is 12.3. The molecule has 0 aromatic heterocycles. The summed E-state index contributed by atoms with van der Waals surface area (Å²) in [5, 5.41) is 0. The van der Waals surface area contributed by atoms with Crippen molar-refractivity contribution in [2.75, 3.05) is 14.2 Å². The van der Waals surface area contributed by atoms with E-state index in [1.807, 2.05) is 0 Å². The van der Waals surface area contributed by atoms with Crippen molar-refractivity contribution in [3.05, 3.63) is 95.1 Å². The van der Waals surface area contributed by atoms with Crippen LogP contribution >= 0.6 is 0 Å². The lowest BCUT2D eigenvalue weighted by Gasteiger charge is -2.15. The molecule has 0 amide bonds. The quantitative estimate of drug-likeness (QED) is 0.640. The molecule has 2 heteroatoms. The standard InChI is InChI=1S/C23H22O2/c1-24-22-14-20-18(16-9-5-3-6-10-16)13-19(17-11-7-4-8-12-17)21(20)15-23(22)25-2/h3-12,14-15,18-19H,13H2,1-2H3/t18-,19-/m0/s1. The van der Waals surface area contributed by atoms with Crippen molar-refractivity contribution >= 4 is 0 Å². The van der Waals surface area contributed by atoms with E-state index in [-0.39, 0.29) is 0 Å². The minimum absolute atomic E-state index is 0.376. The lowest BCUT2D eigenvalue weighted by Crippen LogP contribution is -1.98. The Kier molecular flexibility index (Phi) is 4.19. The molecule has 4 rings (SSSR count). The molecule has 0 unspecified atom stereocenters. The molecule has 0 spiro atoms.